The van der Waals surface area contributed by atoms with Crippen molar-refractivity contribution in [2.45, 2.75) is 19.9 Å². The molecule has 0 unspecified atom stereocenters. The minimum atomic E-state index is -0.676. The van der Waals surface area contributed by atoms with Gasteiger partial charge in [-0.15, -0.1) is 11.3 Å². The van der Waals surface area contributed by atoms with Crippen molar-refractivity contribution >= 4 is 34.7 Å². The standard InChI is InChI=1S/C26H25NO7S/c1-2-22(28)18-5-8-20(9-6-18)33-17-26(30)34-16-25(29)27(15-21-4-3-13-35-21)19-7-10-23-24(14-19)32-12-11-31-23/h3-10,13-14H,2,11-12,15-17H2,1H3. The van der Waals surface area contributed by atoms with E-state index in [1.165, 1.54) is 11.3 Å². The summed E-state index contributed by atoms with van der Waals surface area (Å²) in [6.07, 6.45) is 0.413. The third kappa shape index (κ3) is 6.39. The second-order valence-electron chi connectivity index (χ2n) is 7.64. The third-order valence-corrected chi connectivity index (χ3v) is 6.10. The Morgan fingerprint density at radius 3 is 2.46 bits per heavy atom. The van der Waals surface area contributed by atoms with Crippen molar-refractivity contribution < 1.29 is 33.3 Å². The minimum absolute atomic E-state index is 0.0274. The van der Waals surface area contributed by atoms with Crippen LogP contribution in [0.4, 0.5) is 5.69 Å². The van der Waals surface area contributed by atoms with E-state index in [1.807, 2.05) is 17.5 Å². The Morgan fingerprint density at radius 1 is 0.971 bits per heavy atom. The number of benzene rings is 2. The van der Waals surface area contributed by atoms with E-state index >= 15 is 0 Å². The average Bonchev–Trinajstić information content (AvgIpc) is 3.42. The van der Waals surface area contributed by atoms with Gasteiger partial charge in [-0.05, 0) is 47.8 Å². The van der Waals surface area contributed by atoms with Gasteiger partial charge in [0.2, 0.25) is 0 Å². The SMILES string of the molecule is CCC(=O)c1ccc(OCC(=O)OCC(=O)N(Cc2cccs2)c2ccc3c(c2)OCCO3)cc1. The normalized spacial score (nSPS) is 12.0. The Balaban J connectivity index is 1.36. The quantitative estimate of drug-likeness (QED) is 0.306. The Hall–Kier alpha value is -3.85. The molecule has 0 atom stereocenters. The predicted molar refractivity (Wildman–Crippen MR) is 130 cm³/mol. The van der Waals surface area contributed by atoms with Crippen molar-refractivity contribution in [1.82, 2.24) is 0 Å². The maximum absolute atomic E-state index is 13.1. The van der Waals surface area contributed by atoms with Gasteiger partial charge in [-0.1, -0.05) is 13.0 Å². The number of anilines is 1. The van der Waals surface area contributed by atoms with E-state index in [2.05, 4.69) is 0 Å². The first-order valence-corrected chi connectivity index (χ1v) is 12.1. The zero-order chi connectivity index (χ0) is 24.6. The summed E-state index contributed by atoms with van der Waals surface area (Å²) in [5.41, 5.74) is 1.19. The molecule has 0 saturated carbocycles. The smallest absolute Gasteiger partial charge is 0.344 e. The zero-order valence-corrected chi connectivity index (χ0v) is 20.0. The molecule has 1 aliphatic rings. The largest absolute Gasteiger partial charge is 0.486 e. The molecule has 1 aliphatic heterocycles. The highest BCUT2D eigenvalue weighted by molar-refractivity contribution is 7.09. The van der Waals surface area contributed by atoms with Crippen molar-refractivity contribution in [1.29, 1.82) is 0 Å². The van der Waals surface area contributed by atoms with Crippen LogP contribution < -0.4 is 19.1 Å². The number of fused-ring (bicyclic) bond motifs is 1. The van der Waals surface area contributed by atoms with Gasteiger partial charge >= 0.3 is 5.97 Å². The summed E-state index contributed by atoms with van der Waals surface area (Å²) < 4.78 is 21.8. The van der Waals surface area contributed by atoms with E-state index in [4.69, 9.17) is 18.9 Å². The van der Waals surface area contributed by atoms with E-state index < -0.39 is 12.6 Å². The predicted octanol–water partition coefficient (Wildman–Crippen LogP) is 4.27. The molecule has 4 rings (SSSR count). The fourth-order valence-electron chi connectivity index (χ4n) is 3.43. The minimum Gasteiger partial charge on any atom is -0.486 e. The third-order valence-electron chi connectivity index (χ3n) is 5.24. The fourth-order valence-corrected chi connectivity index (χ4v) is 4.12. The topological polar surface area (TPSA) is 91.4 Å². The Kier molecular flexibility index (Phi) is 7.99. The number of hydrogen-bond acceptors (Lipinski definition) is 8. The van der Waals surface area contributed by atoms with E-state index in [-0.39, 0.29) is 18.3 Å². The molecule has 0 aliphatic carbocycles. The number of esters is 1. The van der Waals surface area contributed by atoms with Gasteiger partial charge in [-0.2, -0.15) is 0 Å². The van der Waals surface area contributed by atoms with Crippen LogP contribution in [-0.4, -0.2) is 44.1 Å². The second kappa shape index (κ2) is 11.5. The van der Waals surface area contributed by atoms with Gasteiger partial charge in [-0.3, -0.25) is 9.59 Å². The summed E-state index contributed by atoms with van der Waals surface area (Å²) in [5.74, 6) is 0.584. The van der Waals surface area contributed by atoms with Crippen molar-refractivity contribution in [3.63, 3.8) is 0 Å². The number of nitrogens with zero attached hydrogens (tertiary/aromatic N) is 1. The van der Waals surface area contributed by atoms with Gasteiger partial charge in [0, 0.05) is 28.6 Å². The van der Waals surface area contributed by atoms with E-state index in [0.29, 0.717) is 54.7 Å². The number of amides is 1. The van der Waals surface area contributed by atoms with Crippen LogP contribution in [0.25, 0.3) is 0 Å². The summed E-state index contributed by atoms with van der Waals surface area (Å²) in [7, 11) is 0. The van der Waals surface area contributed by atoms with Crippen LogP contribution in [-0.2, 0) is 20.9 Å². The molecular formula is C26H25NO7S. The summed E-state index contributed by atoms with van der Waals surface area (Å²) in [5, 5.41) is 1.93. The molecule has 9 heteroatoms. The van der Waals surface area contributed by atoms with Gasteiger partial charge in [0.1, 0.15) is 19.0 Å². The lowest BCUT2D eigenvalue weighted by molar-refractivity contribution is -0.149. The van der Waals surface area contributed by atoms with Crippen LogP contribution in [0.15, 0.2) is 60.0 Å². The number of rotatable bonds is 10. The highest BCUT2D eigenvalue weighted by Gasteiger charge is 2.22. The lowest BCUT2D eigenvalue weighted by Gasteiger charge is -2.25. The summed E-state index contributed by atoms with van der Waals surface area (Å²) in [6.45, 7) is 2.23. The second-order valence-corrected chi connectivity index (χ2v) is 8.67. The van der Waals surface area contributed by atoms with Crippen LogP contribution >= 0.6 is 11.3 Å². The number of Topliss-reactive ketones (excluding diaryl/α,β-unsaturated/α-hetero) is 1. The van der Waals surface area contributed by atoms with Gasteiger partial charge in [0.15, 0.2) is 30.5 Å². The molecule has 1 amide bonds. The molecule has 35 heavy (non-hydrogen) atoms. The van der Waals surface area contributed by atoms with E-state index in [1.54, 1.807) is 54.3 Å². The molecule has 3 aromatic rings. The van der Waals surface area contributed by atoms with Crippen molar-refractivity contribution in [3.05, 3.63) is 70.4 Å². The van der Waals surface area contributed by atoms with Crippen LogP contribution in [0.1, 0.15) is 28.6 Å². The van der Waals surface area contributed by atoms with E-state index in [9.17, 15) is 14.4 Å². The molecule has 0 bridgehead atoms. The van der Waals surface area contributed by atoms with Crippen molar-refractivity contribution in [2.24, 2.45) is 0 Å². The average molecular weight is 496 g/mol. The zero-order valence-electron chi connectivity index (χ0n) is 19.2. The van der Waals surface area contributed by atoms with Crippen LogP contribution in [0.5, 0.6) is 17.2 Å². The van der Waals surface area contributed by atoms with Gasteiger partial charge in [-0.25, -0.2) is 4.79 Å². The molecule has 0 spiro atoms. The fraction of sp³-hybridized carbons (Fsp3) is 0.269. The first-order chi connectivity index (χ1) is 17.0. The highest BCUT2D eigenvalue weighted by atomic mass is 32.1. The molecule has 0 N–H and O–H groups in total. The summed E-state index contributed by atoms with van der Waals surface area (Å²) in [4.78, 5) is 39.5. The summed E-state index contributed by atoms with van der Waals surface area (Å²) in [6, 6.07) is 15.7. The van der Waals surface area contributed by atoms with Crippen molar-refractivity contribution in [3.8, 4) is 17.2 Å². The number of hydrogen-bond donors (Lipinski definition) is 0. The number of thiophene rings is 1. The van der Waals surface area contributed by atoms with E-state index in [0.717, 1.165) is 4.88 Å². The monoisotopic (exact) mass is 495 g/mol. The molecule has 8 nitrogen and oxygen atoms in total. The number of ketones is 1. The van der Waals surface area contributed by atoms with Crippen LogP contribution in [0.3, 0.4) is 0 Å². The van der Waals surface area contributed by atoms with Crippen LogP contribution in [0, 0.1) is 0 Å². The highest BCUT2D eigenvalue weighted by Crippen LogP contribution is 2.34. The van der Waals surface area contributed by atoms with Gasteiger partial charge < -0.3 is 23.8 Å². The molecule has 182 valence electrons. The lowest BCUT2D eigenvalue weighted by Crippen LogP contribution is -2.34. The maximum atomic E-state index is 13.1. The Bertz CT molecular complexity index is 1170. The molecular weight excluding hydrogens is 470 g/mol. The first-order valence-electron chi connectivity index (χ1n) is 11.2. The lowest BCUT2D eigenvalue weighted by atomic mass is 10.1. The van der Waals surface area contributed by atoms with Gasteiger partial charge in [0.25, 0.3) is 5.91 Å². The number of carbonyl (C=O) groups is 3. The number of ether oxygens (including phenoxy) is 4. The molecule has 0 saturated heterocycles. The Labute approximate surface area is 207 Å². The molecule has 2 aromatic carbocycles. The van der Waals surface area contributed by atoms with Crippen molar-refractivity contribution in [2.75, 3.05) is 31.3 Å². The number of carbonyl (C=O) groups excluding carboxylic acids is 3. The van der Waals surface area contributed by atoms with Crippen LogP contribution in [0.2, 0.25) is 0 Å². The molecule has 1 aromatic heterocycles. The van der Waals surface area contributed by atoms with Gasteiger partial charge in [0.05, 0.1) is 6.54 Å². The Morgan fingerprint density at radius 2 is 1.74 bits per heavy atom. The molecule has 0 radical (unpaired) electrons. The maximum Gasteiger partial charge on any atom is 0.344 e. The summed E-state index contributed by atoms with van der Waals surface area (Å²) >= 11 is 1.53. The first kappa shape index (κ1) is 24.3. The molecule has 0 fully saturated rings. The molecule has 2 heterocycles.